The Kier molecular flexibility index (Phi) is 4.33. The molecule has 0 unspecified atom stereocenters. The summed E-state index contributed by atoms with van der Waals surface area (Å²) in [5, 5.41) is 4.70. The Balaban J connectivity index is 1.94. The van der Waals surface area contributed by atoms with Gasteiger partial charge in [-0.25, -0.2) is 0 Å². The number of hydrogen-bond donors (Lipinski definition) is 1. The molecule has 0 saturated heterocycles. The molecule has 2 N–H and O–H groups in total. The zero-order chi connectivity index (χ0) is 14.9. The van der Waals surface area contributed by atoms with E-state index in [4.69, 9.17) is 21.9 Å². The molecule has 1 aliphatic carbocycles. The number of nitrogens with zero attached hydrogens (tertiary/aromatic N) is 2. The van der Waals surface area contributed by atoms with E-state index in [1.54, 1.807) is 6.07 Å². The number of benzene rings is 1. The second-order valence-corrected chi connectivity index (χ2v) is 6.94. The quantitative estimate of drug-likeness (QED) is 0.781. The monoisotopic (exact) mass is 369 g/mol. The van der Waals surface area contributed by atoms with Gasteiger partial charge in [0.15, 0.2) is 5.82 Å². The van der Waals surface area contributed by atoms with Gasteiger partial charge < -0.3 is 10.3 Å². The van der Waals surface area contributed by atoms with Crippen LogP contribution < -0.4 is 5.73 Å². The topological polar surface area (TPSA) is 64.9 Å². The average Bonchev–Trinajstić information content (AvgIpc) is 2.86. The fourth-order valence-electron chi connectivity index (χ4n) is 2.78. The number of nitrogens with two attached hydrogens (primary N) is 1. The minimum Gasteiger partial charge on any atom is -0.334 e. The molecule has 0 spiro atoms. The van der Waals surface area contributed by atoms with Crippen molar-refractivity contribution in [3.05, 3.63) is 33.5 Å². The van der Waals surface area contributed by atoms with Gasteiger partial charge in [0.2, 0.25) is 0 Å². The van der Waals surface area contributed by atoms with Crippen LogP contribution in [0.1, 0.15) is 44.3 Å². The third kappa shape index (κ3) is 3.15. The van der Waals surface area contributed by atoms with Crippen LogP contribution >= 0.6 is 27.5 Å². The maximum Gasteiger partial charge on any atom is 0.259 e. The highest BCUT2D eigenvalue weighted by Crippen LogP contribution is 2.35. The SMILES string of the molecule is NC1(c2noc(-c3cc(Br)ccc3Cl)n2)CCCCCC1. The van der Waals surface area contributed by atoms with E-state index in [2.05, 4.69) is 26.1 Å². The number of hydrogen-bond acceptors (Lipinski definition) is 4. The van der Waals surface area contributed by atoms with Crippen LogP contribution in [0.2, 0.25) is 5.02 Å². The molecular formula is C15H17BrClN3O. The van der Waals surface area contributed by atoms with Crippen molar-refractivity contribution in [3.8, 4) is 11.5 Å². The van der Waals surface area contributed by atoms with E-state index in [-0.39, 0.29) is 0 Å². The molecule has 3 rings (SSSR count). The highest BCUT2D eigenvalue weighted by atomic mass is 79.9. The molecular weight excluding hydrogens is 354 g/mol. The number of halogens is 2. The molecule has 1 fully saturated rings. The standard InChI is InChI=1S/C15H17BrClN3O/c16-10-5-6-12(17)11(9-10)13-19-14(20-21-13)15(18)7-3-1-2-4-8-15/h5-6,9H,1-4,7-8,18H2. The minimum atomic E-state index is -0.475. The van der Waals surface area contributed by atoms with E-state index in [1.165, 1.54) is 12.8 Å². The van der Waals surface area contributed by atoms with Crippen molar-refractivity contribution < 1.29 is 4.52 Å². The zero-order valence-corrected chi connectivity index (χ0v) is 14.0. The third-order valence-corrected chi connectivity index (χ3v) is 4.85. The van der Waals surface area contributed by atoms with Crippen molar-refractivity contribution in [2.75, 3.05) is 0 Å². The molecule has 0 aliphatic heterocycles. The van der Waals surface area contributed by atoms with Crippen molar-refractivity contribution in [3.63, 3.8) is 0 Å². The molecule has 1 aromatic carbocycles. The fourth-order valence-corrected chi connectivity index (χ4v) is 3.34. The van der Waals surface area contributed by atoms with Crippen LogP contribution in [0.4, 0.5) is 0 Å². The number of aromatic nitrogens is 2. The third-order valence-electron chi connectivity index (χ3n) is 4.03. The van der Waals surface area contributed by atoms with Crippen LogP contribution in [0.15, 0.2) is 27.2 Å². The molecule has 0 radical (unpaired) electrons. The van der Waals surface area contributed by atoms with Gasteiger partial charge in [-0.2, -0.15) is 4.98 Å². The molecule has 21 heavy (non-hydrogen) atoms. The molecule has 4 nitrogen and oxygen atoms in total. The normalized spacial score (nSPS) is 18.4. The predicted octanol–water partition coefficient (Wildman–Crippen LogP) is 4.66. The molecule has 112 valence electrons. The van der Waals surface area contributed by atoms with Gasteiger partial charge >= 0.3 is 0 Å². The van der Waals surface area contributed by atoms with Crippen molar-refractivity contribution >= 4 is 27.5 Å². The average molecular weight is 371 g/mol. The molecule has 1 saturated carbocycles. The van der Waals surface area contributed by atoms with Crippen LogP contribution in [0.5, 0.6) is 0 Å². The molecule has 2 aromatic rings. The summed E-state index contributed by atoms with van der Waals surface area (Å²) in [6.07, 6.45) is 6.47. The summed E-state index contributed by atoms with van der Waals surface area (Å²) in [4.78, 5) is 4.51. The smallest absolute Gasteiger partial charge is 0.259 e. The maximum absolute atomic E-state index is 6.51. The first-order valence-corrected chi connectivity index (χ1v) is 8.34. The van der Waals surface area contributed by atoms with E-state index >= 15 is 0 Å². The molecule has 0 amide bonds. The molecule has 1 aliphatic rings. The second-order valence-electron chi connectivity index (χ2n) is 5.62. The van der Waals surface area contributed by atoms with E-state index in [9.17, 15) is 0 Å². The van der Waals surface area contributed by atoms with E-state index in [1.807, 2.05) is 12.1 Å². The Morgan fingerprint density at radius 3 is 2.62 bits per heavy atom. The van der Waals surface area contributed by atoms with Crippen LogP contribution in [0.25, 0.3) is 11.5 Å². The highest BCUT2D eigenvalue weighted by molar-refractivity contribution is 9.10. The summed E-state index contributed by atoms with van der Waals surface area (Å²) in [5.41, 5.74) is 6.76. The van der Waals surface area contributed by atoms with E-state index in [0.717, 1.165) is 35.7 Å². The summed E-state index contributed by atoms with van der Waals surface area (Å²) < 4.78 is 6.31. The van der Waals surface area contributed by atoms with Crippen LogP contribution in [-0.4, -0.2) is 10.1 Å². The lowest BCUT2D eigenvalue weighted by atomic mass is 9.91. The van der Waals surface area contributed by atoms with Gasteiger partial charge in [-0.1, -0.05) is 58.4 Å². The molecule has 0 atom stereocenters. The highest BCUT2D eigenvalue weighted by Gasteiger charge is 2.33. The van der Waals surface area contributed by atoms with Crippen LogP contribution in [-0.2, 0) is 5.54 Å². The molecule has 0 bridgehead atoms. The molecule has 6 heteroatoms. The van der Waals surface area contributed by atoms with Gasteiger partial charge in [-0.3, -0.25) is 0 Å². The fraction of sp³-hybridized carbons (Fsp3) is 0.467. The Hall–Kier alpha value is -0.910. The van der Waals surface area contributed by atoms with Crippen molar-refractivity contribution in [1.29, 1.82) is 0 Å². The van der Waals surface area contributed by atoms with Gasteiger partial charge in [0, 0.05) is 4.47 Å². The molecule has 1 heterocycles. The predicted molar refractivity (Wildman–Crippen MR) is 86.0 cm³/mol. The first kappa shape index (κ1) is 15.0. The van der Waals surface area contributed by atoms with E-state index < -0.39 is 5.54 Å². The van der Waals surface area contributed by atoms with Crippen molar-refractivity contribution in [2.45, 2.75) is 44.1 Å². The lowest BCUT2D eigenvalue weighted by Gasteiger charge is -2.23. The second kappa shape index (κ2) is 6.07. The van der Waals surface area contributed by atoms with Gasteiger partial charge in [0.25, 0.3) is 5.89 Å². The summed E-state index contributed by atoms with van der Waals surface area (Å²) in [6, 6.07) is 5.55. The van der Waals surface area contributed by atoms with Crippen molar-refractivity contribution in [1.82, 2.24) is 10.1 Å². The van der Waals surface area contributed by atoms with Gasteiger partial charge in [-0.15, -0.1) is 0 Å². The Labute approximate surface area is 137 Å². The van der Waals surface area contributed by atoms with Gasteiger partial charge in [0.05, 0.1) is 16.1 Å². The Bertz CT molecular complexity index is 636. The van der Waals surface area contributed by atoms with Crippen LogP contribution in [0.3, 0.4) is 0 Å². The van der Waals surface area contributed by atoms with E-state index in [0.29, 0.717) is 16.7 Å². The Morgan fingerprint density at radius 2 is 1.90 bits per heavy atom. The largest absolute Gasteiger partial charge is 0.334 e. The van der Waals surface area contributed by atoms with Gasteiger partial charge in [0.1, 0.15) is 0 Å². The number of rotatable bonds is 2. The lowest BCUT2D eigenvalue weighted by Crippen LogP contribution is -2.37. The summed E-state index contributed by atoms with van der Waals surface area (Å²) in [7, 11) is 0. The maximum atomic E-state index is 6.51. The summed E-state index contributed by atoms with van der Waals surface area (Å²) in [6.45, 7) is 0. The first-order valence-electron chi connectivity index (χ1n) is 7.17. The summed E-state index contributed by atoms with van der Waals surface area (Å²) >= 11 is 9.63. The van der Waals surface area contributed by atoms with Crippen molar-refractivity contribution in [2.24, 2.45) is 5.73 Å². The molecule has 1 aromatic heterocycles. The minimum absolute atomic E-state index is 0.422. The lowest BCUT2D eigenvalue weighted by molar-refractivity contribution is 0.334. The zero-order valence-electron chi connectivity index (χ0n) is 11.6. The Morgan fingerprint density at radius 1 is 1.19 bits per heavy atom. The first-order chi connectivity index (χ1) is 10.1. The van der Waals surface area contributed by atoms with Gasteiger partial charge in [-0.05, 0) is 31.0 Å². The van der Waals surface area contributed by atoms with Crippen LogP contribution in [0, 0.1) is 0 Å². The summed E-state index contributed by atoms with van der Waals surface area (Å²) in [5.74, 6) is 1.01.